The number of hydrogen-bond donors (Lipinski definition) is 0. The summed E-state index contributed by atoms with van der Waals surface area (Å²) in [5.41, 5.74) is 3.77. The van der Waals surface area contributed by atoms with Crippen LogP contribution in [-0.4, -0.2) is 34.2 Å². The van der Waals surface area contributed by atoms with E-state index in [4.69, 9.17) is 35.6 Å². The fraction of sp³-hybridized carbons (Fsp3) is 0.222. The van der Waals surface area contributed by atoms with E-state index in [1.165, 1.54) is 0 Å². The lowest BCUT2D eigenvalue weighted by Crippen LogP contribution is -2.19. The van der Waals surface area contributed by atoms with E-state index in [0.717, 1.165) is 45.5 Å². The predicted octanol–water partition coefficient (Wildman–Crippen LogP) is 6.40. The zero-order chi connectivity index (χ0) is 24.1. The molecule has 7 heteroatoms. The van der Waals surface area contributed by atoms with Gasteiger partial charge in [-0.15, -0.1) is 0 Å². The number of benzene rings is 3. The number of rotatable bonds is 8. The van der Waals surface area contributed by atoms with E-state index in [9.17, 15) is 0 Å². The van der Waals surface area contributed by atoms with Gasteiger partial charge in [0, 0.05) is 34.7 Å². The van der Waals surface area contributed by atoms with E-state index in [0.29, 0.717) is 11.4 Å². The standard InChI is InChI=1S/C27H27ClN2O4/c1-31-22-11-9-18(26(16-22)33-3)8-10-20-15-25(24-13-12-23(32-2)17-27(24)34-4)30(29-20)21-7-5-6-19(28)14-21/h5-14,16-17,25H,15H2,1-4H3/b10-8-/t25-/m1/s1. The molecule has 1 aliphatic rings. The van der Waals surface area contributed by atoms with Crippen molar-refractivity contribution < 1.29 is 18.9 Å². The van der Waals surface area contributed by atoms with E-state index in [1.807, 2.05) is 77.8 Å². The second-order valence-electron chi connectivity index (χ2n) is 7.68. The van der Waals surface area contributed by atoms with Gasteiger partial charge in [-0.25, -0.2) is 0 Å². The van der Waals surface area contributed by atoms with Crippen molar-refractivity contribution in [3.63, 3.8) is 0 Å². The Hall–Kier alpha value is -3.64. The molecule has 1 aliphatic heterocycles. The van der Waals surface area contributed by atoms with Crippen molar-refractivity contribution in [1.82, 2.24) is 0 Å². The number of nitrogens with zero attached hydrogens (tertiary/aromatic N) is 2. The van der Waals surface area contributed by atoms with Crippen molar-refractivity contribution in [1.29, 1.82) is 0 Å². The van der Waals surface area contributed by atoms with Gasteiger partial charge in [-0.2, -0.15) is 5.10 Å². The number of ether oxygens (including phenoxy) is 4. The Kier molecular flexibility index (Phi) is 7.28. The minimum absolute atomic E-state index is 0.0725. The van der Waals surface area contributed by atoms with Crippen LogP contribution < -0.4 is 24.0 Å². The van der Waals surface area contributed by atoms with Crippen molar-refractivity contribution in [2.75, 3.05) is 33.4 Å². The lowest BCUT2D eigenvalue weighted by atomic mass is 9.99. The Morgan fingerprint density at radius 3 is 2.21 bits per heavy atom. The molecule has 0 aliphatic carbocycles. The van der Waals surface area contributed by atoms with Crippen molar-refractivity contribution >= 4 is 29.1 Å². The molecule has 0 spiro atoms. The number of hydrazone groups is 1. The first-order valence-corrected chi connectivity index (χ1v) is 11.2. The van der Waals surface area contributed by atoms with Crippen molar-refractivity contribution in [3.05, 3.63) is 82.9 Å². The molecule has 176 valence electrons. The van der Waals surface area contributed by atoms with Crippen LogP contribution in [0.25, 0.3) is 6.08 Å². The largest absolute Gasteiger partial charge is 0.497 e. The molecule has 6 nitrogen and oxygen atoms in total. The number of halogens is 1. The lowest BCUT2D eigenvalue weighted by molar-refractivity contribution is 0.388. The van der Waals surface area contributed by atoms with Crippen molar-refractivity contribution in [2.24, 2.45) is 5.10 Å². The van der Waals surface area contributed by atoms with Crippen LogP contribution in [-0.2, 0) is 0 Å². The Morgan fingerprint density at radius 2 is 1.53 bits per heavy atom. The van der Waals surface area contributed by atoms with Crippen LogP contribution in [0.4, 0.5) is 5.69 Å². The van der Waals surface area contributed by atoms with Crippen LogP contribution in [0.15, 0.2) is 71.8 Å². The molecule has 0 saturated carbocycles. The molecule has 4 rings (SSSR count). The van der Waals surface area contributed by atoms with E-state index < -0.39 is 0 Å². The fourth-order valence-corrected chi connectivity index (χ4v) is 4.15. The molecule has 0 aromatic heterocycles. The number of hydrogen-bond acceptors (Lipinski definition) is 6. The average molecular weight is 479 g/mol. The molecule has 3 aromatic carbocycles. The second kappa shape index (κ2) is 10.5. The van der Waals surface area contributed by atoms with Crippen LogP contribution in [0.2, 0.25) is 5.02 Å². The monoisotopic (exact) mass is 478 g/mol. The smallest absolute Gasteiger partial charge is 0.129 e. The quantitative estimate of drug-likeness (QED) is 0.375. The van der Waals surface area contributed by atoms with E-state index in [1.54, 1.807) is 28.4 Å². The van der Waals surface area contributed by atoms with Gasteiger partial charge in [0.1, 0.15) is 23.0 Å². The van der Waals surface area contributed by atoms with Crippen molar-refractivity contribution in [3.8, 4) is 23.0 Å². The first-order valence-electron chi connectivity index (χ1n) is 10.8. The molecular weight excluding hydrogens is 452 g/mol. The first kappa shape index (κ1) is 23.5. The Bertz CT molecular complexity index is 1230. The Morgan fingerprint density at radius 1 is 0.824 bits per heavy atom. The third kappa shape index (κ3) is 4.97. The van der Waals surface area contributed by atoms with Gasteiger partial charge in [0.2, 0.25) is 0 Å². The van der Waals surface area contributed by atoms with Crippen LogP contribution >= 0.6 is 11.6 Å². The summed E-state index contributed by atoms with van der Waals surface area (Å²) >= 11 is 6.30. The second-order valence-corrected chi connectivity index (χ2v) is 8.12. The minimum Gasteiger partial charge on any atom is -0.497 e. The molecular formula is C27H27ClN2O4. The average Bonchev–Trinajstić information content (AvgIpc) is 3.31. The van der Waals surface area contributed by atoms with Crippen LogP contribution in [0.3, 0.4) is 0 Å². The van der Waals surface area contributed by atoms with Crippen LogP contribution in [0, 0.1) is 0 Å². The number of methoxy groups -OCH3 is 4. The molecule has 0 radical (unpaired) electrons. The summed E-state index contributed by atoms with van der Waals surface area (Å²) in [5.74, 6) is 2.95. The summed E-state index contributed by atoms with van der Waals surface area (Å²) in [6.45, 7) is 0. The number of allylic oxidation sites excluding steroid dienone is 1. The predicted molar refractivity (Wildman–Crippen MR) is 137 cm³/mol. The lowest BCUT2D eigenvalue weighted by Gasteiger charge is -2.25. The Balaban J connectivity index is 1.70. The Labute approximate surface area is 205 Å². The van der Waals surface area contributed by atoms with Crippen LogP contribution in [0.5, 0.6) is 23.0 Å². The molecule has 1 heterocycles. The minimum atomic E-state index is -0.0725. The van der Waals surface area contributed by atoms with E-state index in [-0.39, 0.29) is 6.04 Å². The van der Waals surface area contributed by atoms with Gasteiger partial charge in [0.25, 0.3) is 0 Å². The van der Waals surface area contributed by atoms with E-state index >= 15 is 0 Å². The molecule has 34 heavy (non-hydrogen) atoms. The third-order valence-electron chi connectivity index (χ3n) is 5.70. The molecule has 0 fully saturated rings. The summed E-state index contributed by atoms with van der Waals surface area (Å²) in [6.07, 6.45) is 4.70. The zero-order valence-corrected chi connectivity index (χ0v) is 20.4. The zero-order valence-electron chi connectivity index (χ0n) is 19.6. The van der Waals surface area contributed by atoms with Crippen LogP contribution in [0.1, 0.15) is 23.6 Å². The van der Waals surface area contributed by atoms with Crippen molar-refractivity contribution in [2.45, 2.75) is 12.5 Å². The summed E-state index contributed by atoms with van der Waals surface area (Å²) < 4.78 is 21.9. The summed E-state index contributed by atoms with van der Waals surface area (Å²) in [5, 5.41) is 7.57. The highest BCUT2D eigenvalue weighted by Gasteiger charge is 2.31. The highest BCUT2D eigenvalue weighted by Crippen LogP contribution is 2.41. The summed E-state index contributed by atoms with van der Waals surface area (Å²) in [4.78, 5) is 0. The molecule has 0 bridgehead atoms. The van der Waals surface area contributed by atoms with Gasteiger partial charge < -0.3 is 18.9 Å². The van der Waals surface area contributed by atoms with Gasteiger partial charge in [-0.1, -0.05) is 17.7 Å². The van der Waals surface area contributed by atoms with Gasteiger partial charge in [-0.3, -0.25) is 5.01 Å². The first-order chi connectivity index (χ1) is 16.6. The normalized spacial score (nSPS) is 15.4. The van der Waals surface area contributed by atoms with Gasteiger partial charge in [0.15, 0.2) is 0 Å². The maximum Gasteiger partial charge on any atom is 0.129 e. The van der Waals surface area contributed by atoms with Gasteiger partial charge in [-0.05, 0) is 54.6 Å². The third-order valence-corrected chi connectivity index (χ3v) is 5.94. The summed E-state index contributed by atoms with van der Waals surface area (Å²) in [7, 11) is 6.58. The maximum absolute atomic E-state index is 6.30. The molecule has 0 saturated heterocycles. The van der Waals surface area contributed by atoms with Gasteiger partial charge in [0.05, 0.1) is 45.9 Å². The maximum atomic E-state index is 6.30. The van der Waals surface area contributed by atoms with E-state index in [2.05, 4.69) is 0 Å². The molecule has 0 N–H and O–H groups in total. The molecule has 0 unspecified atom stereocenters. The topological polar surface area (TPSA) is 52.5 Å². The number of anilines is 1. The van der Waals surface area contributed by atoms with Gasteiger partial charge >= 0.3 is 0 Å². The molecule has 3 aromatic rings. The molecule has 1 atom stereocenters. The summed E-state index contributed by atoms with van der Waals surface area (Å²) in [6, 6.07) is 19.2. The molecule has 0 amide bonds. The highest BCUT2D eigenvalue weighted by atomic mass is 35.5. The SMILES string of the molecule is COc1ccc(/C=C\C2=NN(c3cccc(Cl)c3)[C@@H](c3ccc(OC)cc3OC)C2)c(OC)c1. The highest BCUT2D eigenvalue weighted by molar-refractivity contribution is 6.30. The fourth-order valence-electron chi connectivity index (χ4n) is 3.97.